The monoisotopic (exact) mass is 168 g/mol. The smallest absolute Gasteiger partial charge is 0.492 e. The summed E-state index contributed by atoms with van der Waals surface area (Å²) in [4.78, 5) is 0. The van der Waals surface area contributed by atoms with Crippen LogP contribution in [0.25, 0.3) is 0 Å². The number of phenolic OH excluding ortho intramolecular Hbond substituents is 1. The number of para-hydroxylation sites is 1. The number of aromatic hydroxyl groups is 1. The summed E-state index contributed by atoms with van der Waals surface area (Å²) in [7, 11) is -1.70. The van der Waals surface area contributed by atoms with E-state index in [1.807, 2.05) is 0 Å². The standard InChI is InChI=1S/C6H9BN2O3/c8-9-5-3-1-2-4(6(5)10)7(11)12/h1-3,9-12H,8H2. The zero-order valence-corrected chi connectivity index (χ0v) is 6.23. The van der Waals surface area contributed by atoms with Gasteiger partial charge in [0.25, 0.3) is 0 Å². The number of hydrogen-bond acceptors (Lipinski definition) is 5. The van der Waals surface area contributed by atoms with Crippen LogP contribution >= 0.6 is 0 Å². The number of anilines is 1. The van der Waals surface area contributed by atoms with Gasteiger partial charge in [0.2, 0.25) is 0 Å². The van der Waals surface area contributed by atoms with Crippen LogP contribution in [0.3, 0.4) is 0 Å². The summed E-state index contributed by atoms with van der Waals surface area (Å²) in [5.41, 5.74) is 2.49. The lowest BCUT2D eigenvalue weighted by molar-refractivity contribution is 0.420. The molecule has 5 nitrogen and oxygen atoms in total. The number of hydrazine groups is 1. The Labute approximate surface area is 69.6 Å². The SMILES string of the molecule is NNc1cccc(B(O)O)c1O. The van der Waals surface area contributed by atoms with Crippen LogP contribution < -0.4 is 16.7 Å². The Bertz CT molecular complexity index is 279. The molecule has 6 heteroatoms. The maximum atomic E-state index is 9.30. The first kappa shape index (κ1) is 8.86. The van der Waals surface area contributed by atoms with Gasteiger partial charge in [0, 0.05) is 5.46 Å². The summed E-state index contributed by atoms with van der Waals surface area (Å²) >= 11 is 0. The molecule has 0 spiro atoms. The molecule has 0 aliphatic carbocycles. The van der Waals surface area contributed by atoms with Gasteiger partial charge in [0.15, 0.2) is 0 Å². The van der Waals surface area contributed by atoms with Crippen molar-refractivity contribution in [3.8, 4) is 5.75 Å². The van der Waals surface area contributed by atoms with E-state index in [2.05, 4.69) is 5.43 Å². The third-order valence-electron chi connectivity index (χ3n) is 1.50. The number of nitrogens with one attached hydrogen (secondary N) is 1. The van der Waals surface area contributed by atoms with Crippen molar-refractivity contribution in [2.45, 2.75) is 0 Å². The van der Waals surface area contributed by atoms with E-state index in [1.165, 1.54) is 12.1 Å². The van der Waals surface area contributed by atoms with Gasteiger partial charge in [0.1, 0.15) is 5.75 Å². The van der Waals surface area contributed by atoms with Gasteiger partial charge in [-0.15, -0.1) is 0 Å². The van der Waals surface area contributed by atoms with Gasteiger partial charge < -0.3 is 20.6 Å². The highest BCUT2D eigenvalue weighted by Crippen LogP contribution is 2.18. The average Bonchev–Trinajstić information content (AvgIpc) is 2.04. The summed E-state index contributed by atoms with van der Waals surface area (Å²) in [5, 5.41) is 26.8. The predicted octanol–water partition coefficient (Wildman–Crippen LogP) is -1.64. The van der Waals surface area contributed by atoms with Crippen LogP contribution in [0.1, 0.15) is 0 Å². The maximum absolute atomic E-state index is 9.30. The van der Waals surface area contributed by atoms with Gasteiger partial charge in [-0.05, 0) is 6.07 Å². The molecule has 1 aromatic rings. The molecule has 0 radical (unpaired) electrons. The van der Waals surface area contributed by atoms with Crippen LogP contribution in [0, 0.1) is 0 Å². The Morgan fingerprint density at radius 1 is 1.33 bits per heavy atom. The molecule has 0 saturated heterocycles. The van der Waals surface area contributed by atoms with Crippen LogP contribution in [-0.2, 0) is 0 Å². The van der Waals surface area contributed by atoms with Gasteiger partial charge in [0.05, 0.1) is 5.69 Å². The molecule has 1 aromatic carbocycles. The van der Waals surface area contributed by atoms with Crippen LogP contribution in [0.4, 0.5) is 5.69 Å². The lowest BCUT2D eigenvalue weighted by Crippen LogP contribution is -2.30. The van der Waals surface area contributed by atoms with Crippen molar-refractivity contribution in [3.63, 3.8) is 0 Å². The van der Waals surface area contributed by atoms with Crippen LogP contribution in [-0.4, -0.2) is 22.3 Å². The molecule has 0 aromatic heterocycles. The van der Waals surface area contributed by atoms with E-state index in [4.69, 9.17) is 15.9 Å². The molecule has 0 amide bonds. The topological polar surface area (TPSA) is 98.7 Å². The molecule has 0 atom stereocenters. The Hall–Kier alpha value is -1.24. The number of benzene rings is 1. The fraction of sp³-hybridized carbons (Fsp3) is 0. The Balaban J connectivity index is 3.14. The number of hydrogen-bond donors (Lipinski definition) is 5. The molecule has 0 saturated carbocycles. The summed E-state index contributed by atoms with van der Waals surface area (Å²) in [6.45, 7) is 0. The average molecular weight is 168 g/mol. The number of rotatable bonds is 2. The van der Waals surface area contributed by atoms with Crippen molar-refractivity contribution in [1.82, 2.24) is 0 Å². The van der Waals surface area contributed by atoms with E-state index in [1.54, 1.807) is 6.07 Å². The molecule has 6 N–H and O–H groups in total. The van der Waals surface area contributed by atoms with E-state index in [0.29, 0.717) is 0 Å². The van der Waals surface area contributed by atoms with Crippen molar-refractivity contribution >= 4 is 18.3 Å². The molecule has 0 aliphatic heterocycles. The summed E-state index contributed by atoms with van der Waals surface area (Å²) in [6, 6.07) is 4.45. The van der Waals surface area contributed by atoms with Gasteiger partial charge in [-0.3, -0.25) is 5.84 Å². The highest BCUT2D eigenvalue weighted by Gasteiger charge is 2.17. The molecule has 0 fully saturated rings. The van der Waals surface area contributed by atoms with Crippen LogP contribution in [0.5, 0.6) is 5.75 Å². The third kappa shape index (κ3) is 1.50. The van der Waals surface area contributed by atoms with Crippen molar-refractivity contribution in [1.29, 1.82) is 0 Å². The zero-order chi connectivity index (χ0) is 9.14. The number of nitrogen functional groups attached to an aromatic ring is 1. The number of phenols is 1. The largest absolute Gasteiger partial charge is 0.506 e. The van der Waals surface area contributed by atoms with Gasteiger partial charge in [-0.1, -0.05) is 12.1 Å². The summed E-state index contributed by atoms with van der Waals surface area (Å²) in [6.07, 6.45) is 0. The predicted molar refractivity (Wildman–Crippen MR) is 45.7 cm³/mol. The van der Waals surface area contributed by atoms with E-state index in [0.717, 1.165) is 0 Å². The van der Waals surface area contributed by atoms with Crippen molar-refractivity contribution in [3.05, 3.63) is 18.2 Å². The fourth-order valence-electron chi connectivity index (χ4n) is 0.886. The quantitative estimate of drug-likeness (QED) is 0.158. The third-order valence-corrected chi connectivity index (χ3v) is 1.50. The van der Waals surface area contributed by atoms with Crippen LogP contribution in [0.2, 0.25) is 0 Å². The first-order valence-corrected chi connectivity index (χ1v) is 3.31. The second kappa shape index (κ2) is 3.44. The first-order valence-electron chi connectivity index (χ1n) is 3.31. The Morgan fingerprint density at radius 3 is 2.50 bits per heavy atom. The van der Waals surface area contributed by atoms with E-state index < -0.39 is 7.12 Å². The summed E-state index contributed by atoms with van der Waals surface area (Å²) < 4.78 is 0. The molecule has 0 heterocycles. The maximum Gasteiger partial charge on any atom is 0.492 e. The fourth-order valence-corrected chi connectivity index (χ4v) is 0.886. The molecular weight excluding hydrogens is 159 g/mol. The van der Waals surface area contributed by atoms with E-state index >= 15 is 0 Å². The Kier molecular flexibility index (Phi) is 2.54. The molecule has 12 heavy (non-hydrogen) atoms. The molecule has 0 bridgehead atoms. The van der Waals surface area contributed by atoms with E-state index in [-0.39, 0.29) is 16.9 Å². The zero-order valence-electron chi connectivity index (χ0n) is 6.23. The van der Waals surface area contributed by atoms with Gasteiger partial charge >= 0.3 is 7.12 Å². The van der Waals surface area contributed by atoms with Crippen molar-refractivity contribution in [2.75, 3.05) is 5.43 Å². The molecule has 0 unspecified atom stereocenters. The summed E-state index contributed by atoms with van der Waals surface area (Å²) in [5.74, 6) is 4.79. The minimum absolute atomic E-state index is 0.0189. The highest BCUT2D eigenvalue weighted by atomic mass is 16.4. The van der Waals surface area contributed by atoms with Crippen molar-refractivity contribution in [2.24, 2.45) is 5.84 Å². The minimum atomic E-state index is -1.70. The van der Waals surface area contributed by atoms with Gasteiger partial charge in [-0.2, -0.15) is 0 Å². The normalized spacial score (nSPS) is 9.58. The minimum Gasteiger partial charge on any atom is -0.506 e. The Morgan fingerprint density at radius 2 is 2.00 bits per heavy atom. The van der Waals surface area contributed by atoms with Gasteiger partial charge in [-0.25, -0.2) is 0 Å². The molecular formula is C6H9BN2O3. The number of nitrogens with two attached hydrogens (primary N) is 1. The first-order chi connectivity index (χ1) is 5.66. The molecule has 0 aliphatic rings. The lowest BCUT2D eigenvalue weighted by atomic mass is 9.79. The van der Waals surface area contributed by atoms with E-state index in [9.17, 15) is 5.11 Å². The van der Waals surface area contributed by atoms with Crippen LogP contribution in [0.15, 0.2) is 18.2 Å². The van der Waals surface area contributed by atoms with Crippen molar-refractivity contribution < 1.29 is 15.2 Å². The highest BCUT2D eigenvalue weighted by molar-refractivity contribution is 6.60. The molecule has 64 valence electrons. The second-order valence-corrected chi connectivity index (χ2v) is 2.26. The lowest BCUT2D eigenvalue weighted by Gasteiger charge is -2.07. The molecule has 1 rings (SSSR count). The second-order valence-electron chi connectivity index (χ2n) is 2.26.